The third-order valence-electron chi connectivity index (χ3n) is 4.79. The van der Waals surface area contributed by atoms with Crippen LogP contribution in [0, 0.1) is 6.92 Å². The molecule has 3 aromatic rings. The first-order chi connectivity index (χ1) is 14.9. The zero-order valence-corrected chi connectivity index (χ0v) is 18.6. The number of aliphatic imine (C=N–C) groups is 1. The van der Waals surface area contributed by atoms with Crippen LogP contribution in [-0.2, 0) is 21.2 Å². The van der Waals surface area contributed by atoms with Gasteiger partial charge >= 0.3 is 0 Å². The fraction of sp³-hybridized carbons (Fsp3) is 0.227. The molecule has 2 aromatic carbocycles. The Morgan fingerprint density at radius 3 is 2.65 bits per heavy atom. The first kappa shape index (κ1) is 21.2. The molecular weight excluding hydrogens is 432 g/mol. The molecule has 0 aliphatic carbocycles. The van der Waals surface area contributed by atoms with E-state index in [9.17, 15) is 13.2 Å². The van der Waals surface area contributed by atoms with Gasteiger partial charge in [-0.2, -0.15) is 0 Å². The zero-order chi connectivity index (χ0) is 21.8. The van der Waals surface area contributed by atoms with E-state index in [0.29, 0.717) is 24.5 Å². The van der Waals surface area contributed by atoms with Gasteiger partial charge in [0.2, 0.25) is 5.91 Å². The van der Waals surface area contributed by atoms with Crippen molar-refractivity contribution >= 4 is 38.8 Å². The zero-order valence-electron chi connectivity index (χ0n) is 17.0. The van der Waals surface area contributed by atoms with Crippen molar-refractivity contribution in [1.29, 1.82) is 0 Å². The molecule has 9 heteroatoms. The maximum atomic E-state index is 12.6. The summed E-state index contributed by atoms with van der Waals surface area (Å²) in [5.74, 6) is 0.255. The van der Waals surface area contributed by atoms with E-state index in [2.05, 4.69) is 20.0 Å². The van der Waals surface area contributed by atoms with Gasteiger partial charge in [-0.05, 0) is 37.1 Å². The molecule has 1 aliphatic rings. The van der Waals surface area contributed by atoms with Gasteiger partial charge in [-0.25, -0.2) is 13.4 Å². The van der Waals surface area contributed by atoms with Crippen molar-refractivity contribution in [3.05, 3.63) is 64.5 Å². The van der Waals surface area contributed by atoms with Crippen molar-refractivity contribution in [3.8, 4) is 11.3 Å². The number of carbonyl (C=O) groups is 1. The number of benzene rings is 2. The number of amides is 1. The van der Waals surface area contributed by atoms with E-state index in [1.165, 1.54) is 12.1 Å². The van der Waals surface area contributed by atoms with Crippen LogP contribution in [0.1, 0.15) is 23.4 Å². The maximum Gasteiger partial charge on any atom is 0.262 e. The van der Waals surface area contributed by atoms with Gasteiger partial charge in [0.1, 0.15) is 5.84 Å². The normalized spacial score (nSPS) is 13.6. The summed E-state index contributed by atoms with van der Waals surface area (Å²) in [5.41, 5.74) is 3.22. The van der Waals surface area contributed by atoms with E-state index >= 15 is 0 Å². The smallest absolute Gasteiger partial charge is 0.262 e. The predicted molar refractivity (Wildman–Crippen MR) is 123 cm³/mol. The number of hydrogen-bond acceptors (Lipinski definition) is 6. The standard InChI is InChI=1S/C22H22N4O3S2/c1-15-24-20(14-30-15)17-9-7-16(8-10-17)12-22(27)25-18-4-2-5-19(13-18)31(28,29)26-21-6-3-11-23-21/h2,4-5,7-10,13-14H,3,6,11-12H2,1H3,(H,23,26)(H,25,27). The summed E-state index contributed by atoms with van der Waals surface area (Å²) >= 11 is 1.60. The maximum absolute atomic E-state index is 12.6. The number of amidine groups is 1. The largest absolute Gasteiger partial charge is 0.326 e. The monoisotopic (exact) mass is 454 g/mol. The molecule has 0 atom stereocenters. The van der Waals surface area contributed by atoms with Crippen molar-refractivity contribution in [2.75, 3.05) is 11.9 Å². The molecular formula is C22H22N4O3S2. The van der Waals surface area contributed by atoms with Crippen LogP contribution in [0.15, 0.2) is 63.8 Å². The summed E-state index contributed by atoms with van der Waals surface area (Å²) in [6, 6.07) is 13.9. The van der Waals surface area contributed by atoms with Gasteiger partial charge in [0, 0.05) is 29.6 Å². The van der Waals surface area contributed by atoms with E-state index < -0.39 is 10.0 Å². The number of aryl methyl sites for hydroxylation is 1. The van der Waals surface area contributed by atoms with Gasteiger partial charge < -0.3 is 5.32 Å². The Bertz CT molecular complexity index is 1230. The molecule has 0 fully saturated rings. The molecule has 1 aliphatic heterocycles. The Morgan fingerprint density at radius 2 is 1.97 bits per heavy atom. The number of hydrogen-bond donors (Lipinski definition) is 2. The van der Waals surface area contributed by atoms with Crippen LogP contribution in [0.2, 0.25) is 0 Å². The van der Waals surface area contributed by atoms with E-state index in [1.54, 1.807) is 23.5 Å². The fourth-order valence-corrected chi connectivity index (χ4v) is 5.01. The van der Waals surface area contributed by atoms with Crippen molar-refractivity contribution in [1.82, 2.24) is 9.71 Å². The molecule has 1 aromatic heterocycles. The van der Waals surface area contributed by atoms with Crippen LogP contribution in [0.5, 0.6) is 0 Å². The van der Waals surface area contributed by atoms with Crippen molar-refractivity contribution < 1.29 is 13.2 Å². The summed E-state index contributed by atoms with van der Waals surface area (Å²) in [5, 5.41) is 5.79. The van der Waals surface area contributed by atoms with Crippen LogP contribution in [0.25, 0.3) is 11.3 Å². The quantitative estimate of drug-likeness (QED) is 0.592. The van der Waals surface area contributed by atoms with Gasteiger partial charge in [0.25, 0.3) is 10.0 Å². The van der Waals surface area contributed by atoms with Gasteiger partial charge in [-0.3, -0.25) is 14.5 Å². The second-order valence-electron chi connectivity index (χ2n) is 7.24. The number of nitrogens with zero attached hydrogens (tertiary/aromatic N) is 2. The molecule has 0 unspecified atom stereocenters. The molecule has 2 heterocycles. The Hall–Kier alpha value is -3.04. The Balaban J connectivity index is 1.40. The summed E-state index contributed by atoms with van der Waals surface area (Å²) < 4.78 is 27.6. The lowest BCUT2D eigenvalue weighted by molar-refractivity contribution is -0.115. The highest BCUT2D eigenvalue weighted by molar-refractivity contribution is 7.90. The molecule has 0 saturated carbocycles. The number of anilines is 1. The van der Waals surface area contributed by atoms with Gasteiger partial charge in [-0.1, -0.05) is 30.3 Å². The van der Waals surface area contributed by atoms with Crippen molar-refractivity contribution in [2.24, 2.45) is 4.99 Å². The third-order valence-corrected chi connectivity index (χ3v) is 6.94. The van der Waals surface area contributed by atoms with Crippen molar-refractivity contribution in [3.63, 3.8) is 0 Å². The highest BCUT2D eigenvalue weighted by Crippen LogP contribution is 2.22. The fourth-order valence-electron chi connectivity index (χ4n) is 3.26. The van der Waals surface area contributed by atoms with E-state index in [4.69, 9.17) is 0 Å². The van der Waals surface area contributed by atoms with Gasteiger partial charge in [0.15, 0.2) is 0 Å². The minimum atomic E-state index is -3.73. The molecule has 1 amide bonds. The summed E-state index contributed by atoms with van der Waals surface area (Å²) in [7, 11) is -3.73. The SMILES string of the molecule is Cc1nc(-c2ccc(CC(=O)Nc3cccc(S(=O)(=O)NC4=NCCC4)c3)cc2)cs1. The first-order valence-electron chi connectivity index (χ1n) is 9.86. The van der Waals surface area contributed by atoms with Crippen LogP contribution in [0.3, 0.4) is 0 Å². The number of aromatic nitrogens is 1. The Morgan fingerprint density at radius 1 is 1.16 bits per heavy atom. The number of carbonyl (C=O) groups excluding carboxylic acids is 1. The molecule has 2 N–H and O–H groups in total. The van der Waals surface area contributed by atoms with Crippen LogP contribution >= 0.6 is 11.3 Å². The highest BCUT2D eigenvalue weighted by atomic mass is 32.2. The molecule has 0 radical (unpaired) electrons. The van der Waals surface area contributed by atoms with E-state index in [0.717, 1.165) is 28.2 Å². The second kappa shape index (κ2) is 8.99. The molecule has 31 heavy (non-hydrogen) atoms. The minimum absolute atomic E-state index is 0.0859. The lowest BCUT2D eigenvalue weighted by Crippen LogP contribution is -2.29. The van der Waals surface area contributed by atoms with Gasteiger partial charge in [0.05, 0.1) is 22.0 Å². The lowest BCUT2D eigenvalue weighted by atomic mass is 10.1. The number of sulfonamides is 1. The first-order valence-corrected chi connectivity index (χ1v) is 12.2. The molecule has 0 spiro atoms. The number of thiazole rings is 1. The van der Waals surface area contributed by atoms with Gasteiger partial charge in [-0.15, -0.1) is 11.3 Å². The lowest BCUT2D eigenvalue weighted by Gasteiger charge is -2.10. The van der Waals surface area contributed by atoms with Crippen LogP contribution in [-0.4, -0.2) is 31.7 Å². The van der Waals surface area contributed by atoms with Crippen LogP contribution < -0.4 is 10.0 Å². The average Bonchev–Trinajstić information content (AvgIpc) is 3.40. The third kappa shape index (κ3) is 5.36. The van der Waals surface area contributed by atoms with Crippen molar-refractivity contribution in [2.45, 2.75) is 31.1 Å². The molecule has 160 valence electrons. The molecule has 0 bridgehead atoms. The predicted octanol–water partition coefficient (Wildman–Crippen LogP) is 3.77. The van der Waals surface area contributed by atoms with E-state index in [-0.39, 0.29) is 17.2 Å². The summed E-state index contributed by atoms with van der Waals surface area (Å²) in [6.07, 6.45) is 1.65. The average molecular weight is 455 g/mol. The summed E-state index contributed by atoms with van der Waals surface area (Å²) in [4.78, 5) is 21.2. The molecule has 4 rings (SSSR count). The number of rotatable bonds is 6. The topological polar surface area (TPSA) is 101 Å². The van der Waals surface area contributed by atoms with E-state index in [1.807, 2.05) is 36.6 Å². The van der Waals surface area contributed by atoms with Crippen LogP contribution in [0.4, 0.5) is 5.69 Å². The minimum Gasteiger partial charge on any atom is -0.326 e. The molecule has 7 nitrogen and oxygen atoms in total. The highest BCUT2D eigenvalue weighted by Gasteiger charge is 2.18. The Labute approximate surface area is 185 Å². The summed E-state index contributed by atoms with van der Waals surface area (Å²) in [6.45, 7) is 2.60. The number of nitrogens with one attached hydrogen (secondary N) is 2. The molecule has 0 saturated heterocycles. The second-order valence-corrected chi connectivity index (χ2v) is 9.98. The Kier molecular flexibility index (Phi) is 6.15.